The normalized spacial score (nSPS) is 13.1. The van der Waals surface area contributed by atoms with Crippen LogP contribution in [0.25, 0.3) is 6.08 Å². The van der Waals surface area contributed by atoms with E-state index in [2.05, 4.69) is 0 Å². The van der Waals surface area contributed by atoms with Crippen LogP contribution in [0.3, 0.4) is 0 Å². The van der Waals surface area contributed by atoms with Crippen molar-refractivity contribution in [3.8, 4) is 0 Å². The predicted molar refractivity (Wildman–Crippen MR) is 55.1 cm³/mol. The third-order valence-electron chi connectivity index (χ3n) is 1.53. The molecule has 0 amide bonds. The maximum absolute atomic E-state index is 9.14. The second-order valence-corrected chi connectivity index (χ2v) is 2.97. The molecule has 0 aliphatic rings. The van der Waals surface area contributed by atoms with Gasteiger partial charge in [-0.25, -0.2) is 0 Å². The summed E-state index contributed by atoms with van der Waals surface area (Å²) in [6.45, 7) is 0. The van der Waals surface area contributed by atoms with Crippen LogP contribution < -0.4 is 0 Å². The van der Waals surface area contributed by atoms with E-state index in [-0.39, 0.29) is 5.17 Å². The highest BCUT2D eigenvalue weighted by molar-refractivity contribution is 6.65. The molecule has 0 heterocycles. The standard InChI is InChI=1S/C10H10ClNO/c11-10(12)9(13)7-6-8-4-2-1-3-5-8/h1-7,9,12-13H/b7-6+,12-10?/t9-/m0/s1. The maximum Gasteiger partial charge on any atom is 0.130 e. The summed E-state index contributed by atoms with van der Waals surface area (Å²) in [6.07, 6.45) is 2.20. The Morgan fingerprint density at radius 1 is 1.38 bits per heavy atom. The molecule has 0 aliphatic heterocycles. The number of halogens is 1. The van der Waals surface area contributed by atoms with Crippen molar-refractivity contribution in [2.24, 2.45) is 0 Å². The van der Waals surface area contributed by atoms with Gasteiger partial charge in [0.05, 0.1) is 0 Å². The summed E-state index contributed by atoms with van der Waals surface area (Å²) < 4.78 is 0. The van der Waals surface area contributed by atoms with Gasteiger partial charge in [0.1, 0.15) is 11.3 Å². The molecule has 0 saturated heterocycles. The van der Waals surface area contributed by atoms with Crippen LogP contribution in [0.5, 0.6) is 0 Å². The summed E-state index contributed by atoms with van der Waals surface area (Å²) in [7, 11) is 0. The Kier molecular flexibility index (Phi) is 3.68. The molecular weight excluding hydrogens is 186 g/mol. The second kappa shape index (κ2) is 4.80. The molecule has 0 saturated carbocycles. The van der Waals surface area contributed by atoms with Crippen molar-refractivity contribution in [1.29, 1.82) is 5.41 Å². The van der Waals surface area contributed by atoms with Gasteiger partial charge in [-0.2, -0.15) is 0 Å². The molecule has 2 N–H and O–H groups in total. The van der Waals surface area contributed by atoms with Crippen molar-refractivity contribution in [1.82, 2.24) is 0 Å². The van der Waals surface area contributed by atoms with E-state index >= 15 is 0 Å². The Morgan fingerprint density at radius 2 is 2.00 bits per heavy atom. The number of rotatable bonds is 3. The highest BCUT2D eigenvalue weighted by Gasteiger charge is 2.01. The van der Waals surface area contributed by atoms with E-state index in [1.165, 1.54) is 6.08 Å². The minimum atomic E-state index is -0.998. The fraction of sp³-hybridized carbons (Fsp3) is 0.100. The van der Waals surface area contributed by atoms with Crippen LogP contribution in [-0.4, -0.2) is 16.4 Å². The van der Waals surface area contributed by atoms with Crippen LogP contribution in [0.4, 0.5) is 0 Å². The molecule has 0 spiro atoms. The largest absolute Gasteiger partial charge is 0.382 e. The smallest absolute Gasteiger partial charge is 0.130 e. The molecule has 13 heavy (non-hydrogen) atoms. The van der Waals surface area contributed by atoms with Crippen molar-refractivity contribution in [2.75, 3.05) is 0 Å². The first-order chi connectivity index (χ1) is 6.20. The fourth-order valence-corrected chi connectivity index (χ4v) is 0.924. The van der Waals surface area contributed by atoms with Crippen LogP contribution >= 0.6 is 11.6 Å². The van der Waals surface area contributed by atoms with Gasteiger partial charge in [-0.05, 0) is 11.6 Å². The monoisotopic (exact) mass is 195 g/mol. The zero-order chi connectivity index (χ0) is 9.68. The zero-order valence-corrected chi connectivity index (χ0v) is 7.70. The Bertz CT molecular complexity index is 308. The third-order valence-corrected chi connectivity index (χ3v) is 1.75. The molecule has 1 aromatic rings. The van der Waals surface area contributed by atoms with Gasteiger partial charge >= 0.3 is 0 Å². The molecule has 1 aromatic carbocycles. The first-order valence-corrected chi connectivity index (χ1v) is 4.23. The lowest BCUT2D eigenvalue weighted by Crippen LogP contribution is -2.09. The van der Waals surface area contributed by atoms with Crippen molar-refractivity contribution in [3.63, 3.8) is 0 Å². The molecule has 3 heteroatoms. The predicted octanol–water partition coefficient (Wildman–Crippen LogP) is 2.28. The molecule has 0 fully saturated rings. The van der Waals surface area contributed by atoms with Gasteiger partial charge in [-0.1, -0.05) is 48.0 Å². The average molecular weight is 196 g/mol. The van der Waals surface area contributed by atoms with E-state index in [0.29, 0.717) is 0 Å². The van der Waals surface area contributed by atoms with Crippen LogP contribution in [0.1, 0.15) is 5.56 Å². The lowest BCUT2D eigenvalue weighted by atomic mass is 10.2. The molecule has 0 aliphatic carbocycles. The molecular formula is C10H10ClNO. The van der Waals surface area contributed by atoms with Crippen LogP contribution in [0, 0.1) is 5.41 Å². The topological polar surface area (TPSA) is 44.1 Å². The number of aliphatic hydroxyl groups excluding tert-OH is 1. The van der Waals surface area contributed by atoms with E-state index in [4.69, 9.17) is 22.1 Å². The molecule has 0 radical (unpaired) electrons. The summed E-state index contributed by atoms with van der Waals surface area (Å²) >= 11 is 5.28. The van der Waals surface area contributed by atoms with E-state index in [9.17, 15) is 0 Å². The van der Waals surface area contributed by atoms with Crippen LogP contribution in [0.2, 0.25) is 0 Å². The number of benzene rings is 1. The molecule has 1 atom stereocenters. The van der Waals surface area contributed by atoms with Crippen molar-refractivity contribution < 1.29 is 5.11 Å². The first kappa shape index (κ1) is 9.96. The fourth-order valence-electron chi connectivity index (χ4n) is 0.851. The van der Waals surface area contributed by atoms with Gasteiger partial charge in [0.2, 0.25) is 0 Å². The summed E-state index contributed by atoms with van der Waals surface area (Å²) in [6, 6.07) is 9.52. The Morgan fingerprint density at radius 3 is 2.54 bits per heavy atom. The number of nitrogens with one attached hydrogen (secondary N) is 1. The van der Waals surface area contributed by atoms with Crippen LogP contribution in [0.15, 0.2) is 36.4 Å². The Hall–Kier alpha value is -1.12. The lowest BCUT2D eigenvalue weighted by molar-refractivity contribution is 0.292. The SMILES string of the molecule is N=C(Cl)[C@@H](O)/C=C/c1ccccc1. The quantitative estimate of drug-likeness (QED) is 0.715. The molecule has 0 unspecified atom stereocenters. The van der Waals surface area contributed by atoms with Gasteiger partial charge in [-0.15, -0.1) is 0 Å². The molecule has 1 rings (SSSR count). The summed E-state index contributed by atoms with van der Waals surface area (Å²) in [5, 5.41) is 15.8. The molecule has 0 aromatic heterocycles. The number of hydrogen-bond acceptors (Lipinski definition) is 2. The maximum atomic E-state index is 9.14. The van der Waals surface area contributed by atoms with Gasteiger partial charge in [0, 0.05) is 0 Å². The van der Waals surface area contributed by atoms with Gasteiger partial charge in [0.25, 0.3) is 0 Å². The highest BCUT2D eigenvalue weighted by Crippen LogP contribution is 2.03. The summed E-state index contributed by atoms with van der Waals surface area (Å²) in [4.78, 5) is 0. The third kappa shape index (κ3) is 3.40. The van der Waals surface area contributed by atoms with E-state index in [1.807, 2.05) is 30.3 Å². The number of aliphatic hydroxyl groups is 1. The van der Waals surface area contributed by atoms with Crippen molar-refractivity contribution in [2.45, 2.75) is 6.10 Å². The number of hydrogen-bond donors (Lipinski definition) is 2. The molecule has 2 nitrogen and oxygen atoms in total. The minimum absolute atomic E-state index is 0.271. The van der Waals surface area contributed by atoms with Gasteiger partial charge in [-0.3, -0.25) is 5.41 Å². The van der Waals surface area contributed by atoms with E-state index in [0.717, 1.165) is 5.56 Å². The van der Waals surface area contributed by atoms with E-state index < -0.39 is 6.10 Å². The average Bonchev–Trinajstić information content (AvgIpc) is 2.15. The second-order valence-electron chi connectivity index (χ2n) is 2.56. The van der Waals surface area contributed by atoms with Crippen molar-refractivity contribution in [3.05, 3.63) is 42.0 Å². The Labute approximate surface area is 82.0 Å². The molecule has 0 bridgehead atoms. The van der Waals surface area contributed by atoms with Gasteiger partial charge < -0.3 is 5.11 Å². The summed E-state index contributed by atoms with van der Waals surface area (Å²) in [5.41, 5.74) is 0.972. The first-order valence-electron chi connectivity index (χ1n) is 3.85. The van der Waals surface area contributed by atoms with E-state index in [1.54, 1.807) is 6.08 Å². The highest BCUT2D eigenvalue weighted by atomic mass is 35.5. The van der Waals surface area contributed by atoms with Crippen molar-refractivity contribution >= 4 is 22.8 Å². The Balaban J connectivity index is 2.64. The van der Waals surface area contributed by atoms with Gasteiger partial charge in [0.15, 0.2) is 0 Å². The summed E-state index contributed by atoms with van der Waals surface area (Å²) in [5.74, 6) is 0. The van der Waals surface area contributed by atoms with Crippen LogP contribution in [-0.2, 0) is 0 Å². The molecule has 68 valence electrons. The zero-order valence-electron chi connectivity index (χ0n) is 6.94. The lowest BCUT2D eigenvalue weighted by Gasteiger charge is -1.98. The minimum Gasteiger partial charge on any atom is -0.382 e.